The lowest BCUT2D eigenvalue weighted by Crippen LogP contribution is -2.48. The van der Waals surface area contributed by atoms with Crippen LogP contribution in [0, 0.1) is 11.6 Å². The number of fused-ring (bicyclic) bond motifs is 1. The van der Waals surface area contributed by atoms with E-state index in [0.29, 0.717) is 24.4 Å². The molecule has 0 saturated carbocycles. The predicted molar refractivity (Wildman–Crippen MR) is 97.7 cm³/mol. The fourth-order valence-electron chi connectivity index (χ4n) is 3.56. The number of ether oxygens (including phenoxy) is 2. The molecule has 2 aliphatic rings. The molecule has 1 aromatic heterocycles. The molecule has 8 heteroatoms. The number of nitrogens with zero attached hydrogens (tertiary/aromatic N) is 3. The number of halogens is 2. The summed E-state index contributed by atoms with van der Waals surface area (Å²) in [6.45, 7) is 4.89. The van der Waals surface area contributed by atoms with Gasteiger partial charge in [-0.25, -0.2) is 13.8 Å². The van der Waals surface area contributed by atoms with Crippen LogP contribution in [0.25, 0.3) is 10.2 Å². The second-order valence-corrected chi connectivity index (χ2v) is 7.60. The molecule has 1 aromatic carbocycles. The summed E-state index contributed by atoms with van der Waals surface area (Å²) in [4.78, 5) is 8.07. The molecule has 5 nitrogen and oxygen atoms in total. The SMILES string of the molecule is Fc1cc2scnc2c(F)c1N1CCN(CCOC2CCCCO2)CC1. The first-order valence-electron chi connectivity index (χ1n) is 9.14. The zero-order chi connectivity index (χ0) is 17.9. The van der Waals surface area contributed by atoms with Gasteiger partial charge in [-0.2, -0.15) is 0 Å². The summed E-state index contributed by atoms with van der Waals surface area (Å²) < 4.78 is 40.9. The molecule has 0 aliphatic carbocycles. The molecular weight excluding hydrogens is 360 g/mol. The fraction of sp³-hybridized carbons (Fsp3) is 0.611. The van der Waals surface area contributed by atoms with Crippen molar-refractivity contribution in [3.63, 3.8) is 0 Å². The van der Waals surface area contributed by atoms with Crippen LogP contribution in [0.15, 0.2) is 11.6 Å². The number of aromatic nitrogens is 1. The number of anilines is 1. The van der Waals surface area contributed by atoms with Gasteiger partial charge in [0.2, 0.25) is 0 Å². The summed E-state index contributed by atoms with van der Waals surface area (Å²) in [6.07, 6.45) is 3.16. The van der Waals surface area contributed by atoms with Crippen LogP contribution in [0.2, 0.25) is 0 Å². The Labute approximate surface area is 155 Å². The lowest BCUT2D eigenvalue weighted by atomic mass is 10.2. The molecule has 0 spiro atoms. The largest absolute Gasteiger partial charge is 0.364 e. The van der Waals surface area contributed by atoms with Crippen molar-refractivity contribution in [3.8, 4) is 0 Å². The zero-order valence-electron chi connectivity index (χ0n) is 14.6. The average Bonchev–Trinajstić information content (AvgIpc) is 3.12. The first kappa shape index (κ1) is 18.0. The Morgan fingerprint density at radius 2 is 2.08 bits per heavy atom. The van der Waals surface area contributed by atoms with E-state index in [9.17, 15) is 8.78 Å². The standard InChI is InChI=1S/C18H23F2N3O2S/c19-13-11-14-17(21-12-26-14)16(20)18(13)23-6-4-22(5-7-23)8-10-25-15-3-1-2-9-24-15/h11-12,15H,1-10H2. The quantitative estimate of drug-likeness (QED) is 0.793. The molecule has 2 saturated heterocycles. The first-order chi connectivity index (χ1) is 12.7. The minimum absolute atomic E-state index is 0.0508. The highest BCUT2D eigenvalue weighted by atomic mass is 32.1. The molecular formula is C18H23F2N3O2S. The molecule has 1 atom stereocenters. The normalized spacial score (nSPS) is 22.2. The maximum Gasteiger partial charge on any atom is 0.176 e. The predicted octanol–water partition coefficient (Wildman–Crippen LogP) is 3.24. The number of piperazine rings is 1. The Balaban J connectivity index is 1.31. The third-order valence-electron chi connectivity index (χ3n) is 5.03. The Bertz CT molecular complexity index is 743. The van der Waals surface area contributed by atoms with Crippen LogP contribution < -0.4 is 4.90 Å². The van der Waals surface area contributed by atoms with Gasteiger partial charge in [0.15, 0.2) is 17.9 Å². The lowest BCUT2D eigenvalue weighted by molar-refractivity contribution is -0.164. The molecule has 2 aromatic rings. The third kappa shape index (κ3) is 3.83. The zero-order valence-corrected chi connectivity index (χ0v) is 15.4. The third-order valence-corrected chi connectivity index (χ3v) is 5.81. The Morgan fingerprint density at radius 1 is 1.23 bits per heavy atom. The van der Waals surface area contributed by atoms with Crippen molar-refractivity contribution < 1.29 is 18.3 Å². The number of rotatable bonds is 5. The van der Waals surface area contributed by atoms with Crippen molar-refractivity contribution >= 4 is 27.2 Å². The molecule has 0 bridgehead atoms. The van der Waals surface area contributed by atoms with Crippen molar-refractivity contribution in [3.05, 3.63) is 23.2 Å². The van der Waals surface area contributed by atoms with Gasteiger partial charge in [0.1, 0.15) is 11.2 Å². The Kier molecular flexibility index (Phi) is 5.63. The highest BCUT2D eigenvalue weighted by Gasteiger charge is 2.25. The van der Waals surface area contributed by atoms with Gasteiger partial charge in [-0.15, -0.1) is 11.3 Å². The minimum atomic E-state index is -0.549. The number of benzene rings is 1. The molecule has 142 valence electrons. The second kappa shape index (κ2) is 8.12. The number of thiazole rings is 1. The molecule has 0 radical (unpaired) electrons. The van der Waals surface area contributed by atoms with Crippen molar-refractivity contribution in [2.75, 3.05) is 50.8 Å². The minimum Gasteiger partial charge on any atom is -0.364 e. The van der Waals surface area contributed by atoms with Crippen molar-refractivity contribution in [1.82, 2.24) is 9.88 Å². The second-order valence-electron chi connectivity index (χ2n) is 6.72. The van der Waals surface area contributed by atoms with E-state index in [4.69, 9.17) is 9.47 Å². The van der Waals surface area contributed by atoms with E-state index in [0.717, 1.165) is 45.5 Å². The molecule has 0 N–H and O–H groups in total. The van der Waals surface area contributed by atoms with Crippen LogP contribution in [0.1, 0.15) is 19.3 Å². The van der Waals surface area contributed by atoms with Crippen LogP contribution in [-0.2, 0) is 9.47 Å². The van der Waals surface area contributed by atoms with Gasteiger partial charge in [0.05, 0.1) is 16.8 Å². The van der Waals surface area contributed by atoms with E-state index in [1.165, 1.54) is 17.4 Å². The summed E-state index contributed by atoms with van der Waals surface area (Å²) in [5, 5.41) is 0. The van der Waals surface area contributed by atoms with E-state index in [2.05, 4.69) is 9.88 Å². The highest BCUT2D eigenvalue weighted by molar-refractivity contribution is 7.16. The summed E-state index contributed by atoms with van der Waals surface area (Å²) in [5.74, 6) is -1.06. The molecule has 3 heterocycles. The van der Waals surface area contributed by atoms with Gasteiger partial charge in [-0.05, 0) is 25.3 Å². The molecule has 2 aliphatic heterocycles. The monoisotopic (exact) mass is 383 g/mol. The summed E-state index contributed by atoms with van der Waals surface area (Å²) in [6, 6.07) is 1.38. The number of hydrogen-bond donors (Lipinski definition) is 0. The van der Waals surface area contributed by atoms with E-state index >= 15 is 0 Å². The molecule has 1 unspecified atom stereocenters. The average molecular weight is 383 g/mol. The molecule has 4 rings (SSSR count). The van der Waals surface area contributed by atoms with Crippen LogP contribution in [0.4, 0.5) is 14.5 Å². The van der Waals surface area contributed by atoms with Crippen molar-refractivity contribution in [1.29, 1.82) is 0 Å². The van der Waals surface area contributed by atoms with Crippen LogP contribution in [0.3, 0.4) is 0 Å². The summed E-state index contributed by atoms with van der Waals surface area (Å²) in [7, 11) is 0. The van der Waals surface area contributed by atoms with Crippen LogP contribution in [-0.4, -0.2) is 62.1 Å². The number of hydrogen-bond acceptors (Lipinski definition) is 6. The van der Waals surface area contributed by atoms with Crippen LogP contribution in [0.5, 0.6) is 0 Å². The first-order valence-corrected chi connectivity index (χ1v) is 10.0. The van der Waals surface area contributed by atoms with E-state index in [1.54, 1.807) is 10.4 Å². The molecule has 2 fully saturated rings. The topological polar surface area (TPSA) is 37.8 Å². The summed E-state index contributed by atoms with van der Waals surface area (Å²) in [5.41, 5.74) is 1.86. The summed E-state index contributed by atoms with van der Waals surface area (Å²) >= 11 is 1.25. The van der Waals surface area contributed by atoms with E-state index in [1.807, 2.05) is 0 Å². The van der Waals surface area contributed by atoms with Crippen molar-refractivity contribution in [2.24, 2.45) is 0 Å². The van der Waals surface area contributed by atoms with Crippen LogP contribution >= 0.6 is 11.3 Å². The molecule has 0 amide bonds. The van der Waals surface area contributed by atoms with Crippen molar-refractivity contribution in [2.45, 2.75) is 25.6 Å². The fourth-order valence-corrected chi connectivity index (χ4v) is 4.26. The van der Waals surface area contributed by atoms with Gasteiger partial charge in [-0.1, -0.05) is 0 Å². The van der Waals surface area contributed by atoms with Gasteiger partial charge in [0, 0.05) is 39.3 Å². The lowest BCUT2D eigenvalue weighted by Gasteiger charge is -2.36. The van der Waals surface area contributed by atoms with E-state index < -0.39 is 11.6 Å². The van der Waals surface area contributed by atoms with Gasteiger partial charge >= 0.3 is 0 Å². The maximum atomic E-state index is 14.7. The van der Waals surface area contributed by atoms with Gasteiger partial charge in [0.25, 0.3) is 0 Å². The highest BCUT2D eigenvalue weighted by Crippen LogP contribution is 2.32. The molecule has 26 heavy (non-hydrogen) atoms. The maximum absolute atomic E-state index is 14.7. The van der Waals surface area contributed by atoms with Gasteiger partial charge < -0.3 is 14.4 Å². The Morgan fingerprint density at radius 3 is 2.85 bits per heavy atom. The smallest absolute Gasteiger partial charge is 0.176 e. The van der Waals surface area contributed by atoms with E-state index in [-0.39, 0.29) is 17.5 Å². The van der Waals surface area contributed by atoms with Gasteiger partial charge in [-0.3, -0.25) is 4.90 Å². The Hall–Kier alpha value is -1.35.